The molecule has 0 N–H and O–H groups in total. The lowest BCUT2D eigenvalue weighted by Gasteiger charge is -2.38. The minimum absolute atomic E-state index is 0.591. The van der Waals surface area contributed by atoms with Crippen molar-refractivity contribution in [3.05, 3.63) is 0 Å². The van der Waals surface area contributed by atoms with Crippen LogP contribution in [0.2, 0.25) is 0 Å². The molecular weight excluding hydrogens is 292 g/mol. The summed E-state index contributed by atoms with van der Waals surface area (Å²) in [6.45, 7) is 5.61. The summed E-state index contributed by atoms with van der Waals surface area (Å²) in [7, 11) is 0. The quantitative estimate of drug-likeness (QED) is 0.354. The Hall–Kier alpha value is -0.0400. The van der Waals surface area contributed by atoms with E-state index in [-0.39, 0.29) is 0 Å². The molecule has 0 aromatic rings. The molecule has 142 valence electrons. The van der Waals surface area contributed by atoms with Gasteiger partial charge in [-0.1, -0.05) is 71.6 Å². The zero-order valence-corrected chi connectivity index (χ0v) is 16.7. The fourth-order valence-electron chi connectivity index (χ4n) is 5.14. The minimum atomic E-state index is 0.591. The van der Waals surface area contributed by atoms with Crippen LogP contribution >= 0.6 is 0 Å². The highest BCUT2D eigenvalue weighted by atomic mass is 16.5. The van der Waals surface area contributed by atoms with Crippen LogP contribution in [0.1, 0.15) is 117 Å². The fraction of sp³-hybridized carbons (Fsp3) is 1.00. The second kappa shape index (κ2) is 12.3. The Kier molecular flexibility index (Phi) is 10.4. The molecular formula is C23H44O. The van der Waals surface area contributed by atoms with Crippen molar-refractivity contribution >= 4 is 0 Å². The van der Waals surface area contributed by atoms with E-state index in [2.05, 4.69) is 13.8 Å². The summed E-state index contributed by atoms with van der Waals surface area (Å²) in [5, 5.41) is 0. The van der Waals surface area contributed by atoms with Gasteiger partial charge < -0.3 is 4.74 Å². The van der Waals surface area contributed by atoms with E-state index in [1.165, 1.54) is 103 Å². The van der Waals surface area contributed by atoms with Gasteiger partial charge in [-0.25, -0.2) is 0 Å². The molecule has 0 spiro atoms. The van der Waals surface area contributed by atoms with Gasteiger partial charge in [-0.05, 0) is 62.7 Å². The molecule has 0 radical (unpaired) electrons. The van der Waals surface area contributed by atoms with Gasteiger partial charge in [0.25, 0.3) is 0 Å². The molecule has 24 heavy (non-hydrogen) atoms. The van der Waals surface area contributed by atoms with Crippen molar-refractivity contribution in [1.82, 2.24) is 0 Å². The summed E-state index contributed by atoms with van der Waals surface area (Å²) < 4.78 is 6.14. The van der Waals surface area contributed by atoms with Crippen LogP contribution in [-0.2, 0) is 4.74 Å². The van der Waals surface area contributed by atoms with E-state index in [0.717, 1.165) is 24.4 Å². The molecule has 0 bridgehead atoms. The van der Waals surface area contributed by atoms with E-state index in [1.807, 2.05) is 0 Å². The average Bonchev–Trinajstić information content (AvgIpc) is 2.63. The van der Waals surface area contributed by atoms with Crippen LogP contribution in [0.5, 0.6) is 0 Å². The van der Waals surface area contributed by atoms with Gasteiger partial charge in [-0.2, -0.15) is 0 Å². The second-order valence-electron chi connectivity index (χ2n) is 8.74. The number of hydrogen-bond acceptors (Lipinski definition) is 1. The summed E-state index contributed by atoms with van der Waals surface area (Å²) in [4.78, 5) is 0. The van der Waals surface area contributed by atoms with Crippen LogP contribution in [0.15, 0.2) is 0 Å². The maximum absolute atomic E-state index is 6.14. The smallest absolute Gasteiger partial charge is 0.0575 e. The average molecular weight is 337 g/mol. The Morgan fingerprint density at radius 3 is 1.83 bits per heavy atom. The molecule has 2 fully saturated rings. The van der Waals surface area contributed by atoms with E-state index in [0.29, 0.717) is 6.10 Å². The topological polar surface area (TPSA) is 9.23 Å². The number of ether oxygens (including phenoxy) is 1. The molecule has 2 rings (SSSR count). The van der Waals surface area contributed by atoms with Crippen LogP contribution in [0.25, 0.3) is 0 Å². The van der Waals surface area contributed by atoms with Crippen molar-refractivity contribution in [1.29, 1.82) is 0 Å². The molecule has 2 aliphatic rings. The highest BCUT2D eigenvalue weighted by Gasteiger charge is 2.30. The zero-order valence-electron chi connectivity index (χ0n) is 16.7. The first-order valence-corrected chi connectivity index (χ1v) is 11.4. The van der Waals surface area contributed by atoms with Crippen molar-refractivity contribution in [2.75, 3.05) is 6.61 Å². The third-order valence-electron chi connectivity index (χ3n) is 6.84. The van der Waals surface area contributed by atoms with E-state index in [4.69, 9.17) is 4.74 Å². The first kappa shape index (κ1) is 20.3. The lowest BCUT2D eigenvalue weighted by Crippen LogP contribution is -2.28. The predicted molar refractivity (Wildman–Crippen MR) is 105 cm³/mol. The maximum atomic E-state index is 6.14. The van der Waals surface area contributed by atoms with Crippen LogP contribution in [-0.4, -0.2) is 12.7 Å². The van der Waals surface area contributed by atoms with E-state index in [9.17, 15) is 0 Å². The summed E-state index contributed by atoms with van der Waals surface area (Å²) in [5.41, 5.74) is 0. The largest absolute Gasteiger partial charge is 0.378 e. The second-order valence-corrected chi connectivity index (χ2v) is 8.74. The summed E-state index contributed by atoms with van der Waals surface area (Å²) >= 11 is 0. The third-order valence-corrected chi connectivity index (χ3v) is 6.84. The van der Waals surface area contributed by atoms with Crippen molar-refractivity contribution in [2.24, 2.45) is 17.8 Å². The fourth-order valence-corrected chi connectivity index (χ4v) is 5.14. The van der Waals surface area contributed by atoms with Crippen molar-refractivity contribution in [3.8, 4) is 0 Å². The van der Waals surface area contributed by atoms with Gasteiger partial charge in [-0.3, -0.25) is 0 Å². The number of unbranched alkanes of at least 4 members (excludes halogenated alkanes) is 5. The van der Waals surface area contributed by atoms with Gasteiger partial charge in [0, 0.05) is 6.61 Å². The molecule has 1 heteroatoms. The summed E-state index contributed by atoms with van der Waals surface area (Å²) in [6, 6.07) is 0. The van der Waals surface area contributed by atoms with Crippen molar-refractivity contribution in [3.63, 3.8) is 0 Å². The monoisotopic (exact) mass is 336 g/mol. The Labute approximate surface area is 152 Å². The van der Waals surface area contributed by atoms with Gasteiger partial charge in [0.15, 0.2) is 0 Å². The molecule has 0 aromatic carbocycles. The number of hydrogen-bond donors (Lipinski definition) is 0. The molecule has 0 unspecified atom stereocenters. The molecule has 0 atom stereocenters. The van der Waals surface area contributed by atoms with Crippen LogP contribution in [0, 0.1) is 17.8 Å². The SMILES string of the molecule is CCCCCCO[C@H]1CC[C@H](C2CCC(CCCCC)CC2)CC1. The molecule has 2 saturated carbocycles. The van der Waals surface area contributed by atoms with Crippen LogP contribution in [0.4, 0.5) is 0 Å². The van der Waals surface area contributed by atoms with Gasteiger partial charge in [0.05, 0.1) is 6.10 Å². The standard InChI is InChI=1S/C23H44O/c1-3-5-7-9-19-24-23-17-15-22(16-18-23)21-13-11-20(12-14-21)10-8-6-4-2/h20-23H,3-19H2,1-2H3/t20?,21?,22-,23-. The van der Waals surface area contributed by atoms with E-state index >= 15 is 0 Å². The van der Waals surface area contributed by atoms with Crippen molar-refractivity contribution in [2.45, 2.75) is 123 Å². The molecule has 1 nitrogen and oxygen atoms in total. The minimum Gasteiger partial charge on any atom is -0.378 e. The van der Waals surface area contributed by atoms with Gasteiger partial charge in [0.1, 0.15) is 0 Å². The highest BCUT2D eigenvalue weighted by Crippen LogP contribution is 2.41. The molecule has 0 heterocycles. The third kappa shape index (κ3) is 7.46. The van der Waals surface area contributed by atoms with Crippen LogP contribution in [0.3, 0.4) is 0 Å². The predicted octanol–water partition coefficient (Wildman–Crippen LogP) is 7.53. The molecule has 0 saturated heterocycles. The maximum Gasteiger partial charge on any atom is 0.0575 e. The molecule has 2 aliphatic carbocycles. The molecule has 0 aromatic heterocycles. The zero-order chi connectivity index (χ0) is 17.0. The lowest BCUT2D eigenvalue weighted by molar-refractivity contribution is 0.00529. The normalized spacial score (nSPS) is 31.2. The van der Waals surface area contributed by atoms with Gasteiger partial charge in [-0.15, -0.1) is 0 Å². The lowest BCUT2D eigenvalue weighted by atomic mass is 9.70. The Morgan fingerprint density at radius 2 is 1.21 bits per heavy atom. The van der Waals surface area contributed by atoms with Crippen molar-refractivity contribution < 1.29 is 4.74 Å². The highest BCUT2D eigenvalue weighted by molar-refractivity contribution is 4.82. The first-order valence-electron chi connectivity index (χ1n) is 11.4. The van der Waals surface area contributed by atoms with Crippen LogP contribution < -0.4 is 0 Å². The summed E-state index contributed by atoms with van der Waals surface area (Å²) in [5.74, 6) is 3.15. The van der Waals surface area contributed by atoms with E-state index < -0.39 is 0 Å². The van der Waals surface area contributed by atoms with Gasteiger partial charge in [0.2, 0.25) is 0 Å². The molecule has 0 amide bonds. The van der Waals surface area contributed by atoms with Gasteiger partial charge >= 0.3 is 0 Å². The molecule has 0 aliphatic heterocycles. The Morgan fingerprint density at radius 1 is 0.625 bits per heavy atom. The Bertz CT molecular complexity index is 284. The van der Waals surface area contributed by atoms with E-state index in [1.54, 1.807) is 0 Å². The Balaban J connectivity index is 1.53. The number of rotatable bonds is 11. The summed E-state index contributed by atoms with van der Waals surface area (Å²) in [6.07, 6.45) is 23.4. The first-order chi connectivity index (χ1) is 11.8.